The van der Waals surface area contributed by atoms with E-state index in [1.165, 1.54) is 0 Å². The van der Waals surface area contributed by atoms with Crippen LogP contribution in [0.1, 0.15) is 6.92 Å². The van der Waals surface area contributed by atoms with Crippen molar-refractivity contribution in [2.45, 2.75) is 6.92 Å². The van der Waals surface area contributed by atoms with E-state index in [1.807, 2.05) is 6.92 Å². The van der Waals surface area contributed by atoms with Crippen LogP contribution in [0.5, 0.6) is 0 Å². The highest BCUT2D eigenvalue weighted by Crippen LogP contribution is 1.74. The Hall–Kier alpha value is -0.210. The van der Waals surface area contributed by atoms with Crippen molar-refractivity contribution < 1.29 is 0 Å². The number of nitrogens with two attached hydrogens (primary N) is 1. The van der Waals surface area contributed by atoms with E-state index in [0.29, 0.717) is 6.54 Å². The van der Waals surface area contributed by atoms with Gasteiger partial charge in [-0.1, -0.05) is 18.2 Å². The lowest BCUT2D eigenvalue weighted by molar-refractivity contribution is 1.15. The lowest BCUT2D eigenvalue weighted by atomic mass is 10.4. The third-order valence-corrected chi connectivity index (χ3v) is 0.736. The molecule has 0 amide bonds. The molecule has 0 spiro atoms. The van der Waals surface area contributed by atoms with Gasteiger partial charge in [0.05, 0.1) is 0 Å². The molecule has 2 N–H and O–H groups in total. The van der Waals surface area contributed by atoms with Gasteiger partial charge < -0.3 is 5.73 Å². The average Bonchev–Trinajstić information content (AvgIpc) is 1.89. The van der Waals surface area contributed by atoms with Crippen molar-refractivity contribution in [2.75, 3.05) is 12.3 Å². The fraction of sp³-hybridized carbons (Fsp3) is 0.429. The largest absolute Gasteiger partial charge is 0.327 e. The molecule has 9 heavy (non-hydrogen) atoms. The first-order chi connectivity index (χ1) is 4.18. The number of thiol groups is 1. The van der Waals surface area contributed by atoms with Crippen molar-refractivity contribution in [2.24, 2.45) is 5.73 Å². The van der Waals surface area contributed by atoms with E-state index in [1.54, 1.807) is 6.08 Å². The summed E-state index contributed by atoms with van der Waals surface area (Å²) in [6.07, 6.45) is 1.74. The molecule has 0 aromatic heterocycles. The summed E-state index contributed by atoms with van der Waals surface area (Å²) in [5.41, 5.74) is 6.10. The summed E-state index contributed by atoms with van der Waals surface area (Å²) in [5.74, 6) is 0.778. The fourth-order valence-electron chi connectivity index (χ4n) is 0. The van der Waals surface area contributed by atoms with Gasteiger partial charge in [-0.05, 0) is 6.92 Å². The van der Waals surface area contributed by atoms with Crippen LogP contribution in [0.25, 0.3) is 0 Å². The molecular formula is C7H15NS. The SMILES string of the molecule is C=C(C)CN.C=CCS. The highest BCUT2D eigenvalue weighted by atomic mass is 32.1. The Bertz CT molecular complexity index is 79.0. The van der Waals surface area contributed by atoms with Crippen LogP contribution in [0.4, 0.5) is 0 Å². The molecule has 0 aliphatic rings. The van der Waals surface area contributed by atoms with E-state index < -0.39 is 0 Å². The summed E-state index contributed by atoms with van der Waals surface area (Å²) in [7, 11) is 0. The maximum atomic E-state index is 5.07. The minimum atomic E-state index is 0.611. The van der Waals surface area contributed by atoms with Crippen molar-refractivity contribution >= 4 is 12.6 Å². The van der Waals surface area contributed by atoms with Gasteiger partial charge in [-0.25, -0.2) is 0 Å². The maximum Gasteiger partial charge on any atom is 0.0131 e. The molecule has 0 radical (unpaired) electrons. The lowest BCUT2D eigenvalue weighted by Crippen LogP contribution is -1.97. The predicted molar refractivity (Wildman–Crippen MR) is 47.9 cm³/mol. The van der Waals surface area contributed by atoms with Gasteiger partial charge in [0.2, 0.25) is 0 Å². The van der Waals surface area contributed by atoms with Gasteiger partial charge in [-0.3, -0.25) is 0 Å². The van der Waals surface area contributed by atoms with Gasteiger partial charge in [-0.2, -0.15) is 12.6 Å². The summed E-state index contributed by atoms with van der Waals surface area (Å²) in [6.45, 7) is 9.47. The van der Waals surface area contributed by atoms with Gasteiger partial charge in [0, 0.05) is 12.3 Å². The Balaban J connectivity index is 0. The Labute approximate surface area is 63.1 Å². The van der Waals surface area contributed by atoms with Gasteiger partial charge in [0.15, 0.2) is 0 Å². The molecule has 0 aromatic rings. The zero-order valence-electron chi connectivity index (χ0n) is 5.93. The zero-order chi connectivity index (χ0) is 7.70. The molecular weight excluding hydrogens is 130 g/mol. The van der Waals surface area contributed by atoms with E-state index >= 15 is 0 Å². The second-order valence-corrected chi connectivity index (χ2v) is 2.00. The molecule has 0 unspecified atom stereocenters. The van der Waals surface area contributed by atoms with Crippen molar-refractivity contribution in [1.29, 1.82) is 0 Å². The van der Waals surface area contributed by atoms with Crippen LogP contribution in [-0.4, -0.2) is 12.3 Å². The van der Waals surface area contributed by atoms with Crippen LogP contribution in [-0.2, 0) is 0 Å². The quantitative estimate of drug-likeness (QED) is 0.448. The van der Waals surface area contributed by atoms with Crippen LogP contribution < -0.4 is 5.73 Å². The normalized spacial score (nSPS) is 7.00. The molecule has 0 atom stereocenters. The monoisotopic (exact) mass is 145 g/mol. The van der Waals surface area contributed by atoms with Crippen molar-refractivity contribution in [3.8, 4) is 0 Å². The third-order valence-electron chi connectivity index (χ3n) is 0.478. The van der Waals surface area contributed by atoms with Gasteiger partial charge in [-0.15, -0.1) is 6.58 Å². The molecule has 2 heteroatoms. The van der Waals surface area contributed by atoms with Gasteiger partial charge >= 0.3 is 0 Å². The molecule has 0 aliphatic heterocycles. The predicted octanol–water partition coefficient (Wildman–Crippen LogP) is 1.62. The second-order valence-electron chi connectivity index (χ2n) is 1.63. The smallest absolute Gasteiger partial charge is 0.0131 e. The lowest BCUT2D eigenvalue weighted by Gasteiger charge is -1.80. The standard InChI is InChI=1S/C4H9N.C3H6S/c1-4(2)3-5;1-2-3-4/h1,3,5H2,2H3;2,4H,1,3H2. The molecule has 0 aliphatic carbocycles. The summed E-state index contributed by atoms with van der Waals surface area (Å²) in [6, 6.07) is 0. The van der Waals surface area contributed by atoms with Crippen molar-refractivity contribution in [3.63, 3.8) is 0 Å². The molecule has 0 aromatic carbocycles. The first-order valence-corrected chi connectivity index (χ1v) is 3.38. The molecule has 54 valence electrons. The van der Waals surface area contributed by atoms with Crippen LogP contribution in [0.15, 0.2) is 24.8 Å². The van der Waals surface area contributed by atoms with Crippen molar-refractivity contribution in [1.82, 2.24) is 0 Å². The van der Waals surface area contributed by atoms with Gasteiger partial charge in [0.25, 0.3) is 0 Å². The van der Waals surface area contributed by atoms with E-state index in [2.05, 4.69) is 25.8 Å². The minimum absolute atomic E-state index is 0.611. The Kier molecular flexibility index (Phi) is 13.8. The van der Waals surface area contributed by atoms with E-state index in [9.17, 15) is 0 Å². The Morgan fingerprint density at radius 2 is 2.00 bits per heavy atom. The molecule has 0 heterocycles. The maximum absolute atomic E-state index is 5.07. The van der Waals surface area contributed by atoms with E-state index in [4.69, 9.17) is 5.73 Å². The van der Waals surface area contributed by atoms with Crippen LogP contribution in [0.2, 0.25) is 0 Å². The van der Waals surface area contributed by atoms with E-state index in [0.717, 1.165) is 11.3 Å². The Morgan fingerprint density at radius 1 is 1.78 bits per heavy atom. The molecule has 0 saturated carbocycles. The molecule has 0 fully saturated rings. The first kappa shape index (κ1) is 11.6. The molecule has 0 bridgehead atoms. The Morgan fingerprint density at radius 3 is 2.00 bits per heavy atom. The number of rotatable bonds is 2. The highest BCUT2D eigenvalue weighted by molar-refractivity contribution is 7.80. The first-order valence-electron chi connectivity index (χ1n) is 2.75. The minimum Gasteiger partial charge on any atom is -0.327 e. The topological polar surface area (TPSA) is 26.0 Å². The third kappa shape index (κ3) is 33.5. The second kappa shape index (κ2) is 10.7. The highest BCUT2D eigenvalue weighted by Gasteiger charge is 1.67. The average molecular weight is 145 g/mol. The number of hydrogen-bond donors (Lipinski definition) is 2. The number of hydrogen-bond acceptors (Lipinski definition) is 2. The fourth-order valence-corrected chi connectivity index (χ4v) is 0. The van der Waals surface area contributed by atoms with Crippen LogP contribution in [0, 0.1) is 0 Å². The summed E-state index contributed by atoms with van der Waals surface area (Å²) < 4.78 is 0. The molecule has 0 rings (SSSR count). The summed E-state index contributed by atoms with van der Waals surface area (Å²) >= 11 is 3.80. The van der Waals surface area contributed by atoms with Crippen LogP contribution in [0.3, 0.4) is 0 Å². The summed E-state index contributed by atoms with van der Waals surface area (Å²) in [4.78, 5) is 0. The van der Waals surface area contributed by atoms with Gasteiger partial charge in [0.1, 0.15) is 0 Å². The molecule has 1 nitrogen and oxygen atoms in total. The zero-order valence-corrected chi connectivity index (χ0v) is 6.82. The van der Waals surface area contributed by atoms with Crippen molar-refractivity contribution in [3.05, 3.63) is 24.8 Å². The van der Waals surface area contributed by atoms with E-state index in [-0.39, 0.29) is 0 Å². The summed E-state index contributed by atoms with van der Waals surface area (Å²) in [5, 5.41) is 0. The molecule has 0 saturated heterocycles. The van der Waals surface area contributed by atoms with Crippen LogP contribution >= 0.6 is 12.6 Å².